The van der Waals surface area contributed by atoms with Crippen molar-refractivity contribution in [3.63, 3.8) is 0 Å². The van der Waals surface area contributed by atoms with Crippen LogP contribution in [0, 0.1) is 0 Å². The van der Waals surface area contributed by atoms with Gasteiger partial charge in [-0.1, -0.05) is 0 Å². The van der Waals surface area contributed by atoms with Crippen molar-refractivity contribution >= 4 is 11.8 Å². The summed E-state index contributed by atoms with van der Waals surface area (Å²) >= 11 is 2.03. The average molecular weight is 187 g/mol. The zero-order valence-corrected chi connectivity index (χ0v) is 8.40. The van der Waals surface area contributed by atoms with Gasteiger partial charge in [0.2, 0.25) is 0 Å². The second kappa shape index (κ2) is 3.99. The van der Waals surface area contributed by atoms with Gasteiger partial charge in [-0.05, 0) is 19.3 Å². The topological polar surface area (TPSA) is 21.3 Å². The van der Waals surface area contributed by atoms with Crippen molar-refractivity contribution in [3.05, 3.63) is 0 Å². The molecule has 0 aromatic carbocycles. The monoisotopic (exact) mass is 187 g/mol. The molecule has 70 valence electrons. The minimum Gasteiger partial charge on any atom is -0.380 e. The Balaban J connectivity index is 1.77. The van der Waals surface area contributed by atoms with Gasteiger partial charge in [-0.15, -0.1) is 0 Å². The molecule has 0 spiro atoms. The number of hydrogen-bond acceptors (Lipinski definition) is 3. The Hall–Kier alpha value is 0.270. The average Bonchev–Trinajstić information content (AvgIpc) is 2.43. The van der Waals surface area contributed by atoms with Crippen molar-refractivity contribution in [2.24, 2.45) is 0 Å². The van der Waals surface area contributed by atoms with Crippen molar-refractivity contribution in [1.29, 1.82) is 0 Å². The van der Waals surface area contributed by atoms with Gasteiger partial charge in [-0.2, -0.15) is 11.8 Å². The summed E-state index contributed by atoms with van der Waals surface area (Å²) in [6.45, 7) is 0. The van der Waals surface area contributed by atoms with E-state index in [4.69, 9.17) is 4.74 Å². The lowest BCUT2D eigenvalue weighted by Gasteiger charge is -2.31. The molecule has 1 saturated heterocycles. The molecule has 1 N–H and O–H groups in total. The molecule has 0 amide bonds. The highest BCUT2D eigenvalue weighted by molar-refractivity contribution is 8.00. The van der Waals surface area contributed by atoms with Crippen LogP contribution in [0.1, 0.15) is 19.3 Å². The zero-order valence-electron chi connectivity index (χ0n) is 7.58. The summed E-state index contributed by atoms with van der Waals surface area (Å²) in [6.07, 6.45) is 4.36. The van der Waals surface area contributed by atoms with Gasteiger partial charge in [-0.25, -0.2) is 0 Å². The second-order valence-corrected chi connectivity index (χ2v) is 4.79. The van der Waals surface area contributed by atoms with Crippen LogP contribution in [-0.4, -0.2) is 36.8 Å². The summed E-state index contributed by atoms with van der Waals surface area (Å²) in [4.78, 5) is 0. The maximum atomic E-state index is 5.42. The minimum atomic E-state index is 0.482. The summed E-state index contributed by atoms with van der Waals surface area (Å²) in [5, 5.41) is 3.67. The molecule has 2 rings (SSSR count). The molecule has 0 bridgehead atoms. The Labute approximate surface area is 78.4 Å². The molecule has 2 aliphatic rings. The van der Waals surface area contributed by atoms with E-state index in [1.807, 2.05) is 18.9 Å². The molecule has 0 aromatic heterocycles. The summed E-state index contributed by atoms with van der Waals surface area (Å²) in [5.74, 6) is 2.60. The third kappa shape index (κ3) is 1.78. The van der Waals surface area contributed by atoms with Crippen LogP contribution in [0.25, 0.3) is 0 Å². The van der Waals surface area contributed by atoms with Crippen molar-refractivity contribution in [1.82, 2.24) is 5.32 Å². The van der Waals surface area contributed by atoms with Crippen LogP contribution in [0.5, 0.6) is 0 Å². The van der Waals surface area contributed by atoms with Crippen LogP contribution >= 0.6 is 11.8 Å². The number of nitrogens with one attached hydrogen (secondary N) is 1. The summed E-state index contributed by atoms with van der Waals surface area (Å²) in [5.41, 5.74) is 0. The first kappa shape index (κ1) is 8.85. The smallest absolute Gasteiger partial charge is 0.0724 e. The maximum absolute atomic E-state index is 5.42. The lowest BCUT2D eigenvalue weighted by Crippen LogP contribution is -2.49. The van der Waals surface area contributed by atoms with E-state index < -0.39 is 0 Å². The van der Waals surface area contributed by atoms with Crippen LogP contribution in [0.2, 0.25) is 0 Å². The molecule has 12 heavy (non-hydrogen) atoms. The van der Waals surface area contributed by atoms with Gasteiger partial charge in [0.15, 0.2) is 0 Å². The van der Waals surface area contributed by atoms with Gasteiger partial charge in [-0.3, -0.25) is 0 Å². The van der Waals surface area contributed by atoms with E-state index in [0.29, 0.717) is 12.1 Å². The van der Waals surface area contributed by atoms with Crippen LogP contribution in [-0.2, 0) is 4.74 Å². The van der Waals surface area contributed by atoms with E-state index in [-0.39, 0.29) is 0 Å². The van der Waals surface area contributed by atoms with Crippen molar-refractivity contribution in [3.8, 4) is 0 Å². The summed E-state index contributed by atoms with van der Waals surface area (Å²) < 4.78 is 5.42. The Morgan fingerprint density at radius 2 is 2.17 bits per heavy atom. The molecule has 1 aliphatic carbocycles. The molecule has 0 radical (unpaired) electrons. The second-order valence-electron chi connectivity index (χ2n) is 3.71. The molecule has 1 aliphatic heterocycles. The lowest BCUT2D eigenvalue weighted by molar-refractivity contribution is 0.0826. The fraction of sp³-hybridized carbons (Fsp3) is 1.00. The predicted octanol–water partition coefficient (Wildman–Crippen LogP) is 1.26. The first-order valence-electron chi connectivity index (χ1n) is 4.76. The van der Waals surface area contributed by atoms with Crippen molar-refractivity contribution in [2.75, 3.05) is 18.6 Å². The van der Waals surface area contributed by atoms with E-state index in [1.54, 1.807) is 0 Å². The van der Waals surface area contributed by atoms with Gasteiger partial charge >= 0.3 is 0 Å². The first-order valence-corrected chi connectivity index (χ1v) is 5.92. The molecular formula is C9H17NOS. The fourth-order valence-electron chi connectivity index (χ4n) is 2.03. The fourth-order valence-corrected chi connectivity index (χ4v) is 2.70. The number of hydrogen-bond donors (Lipinski definition) is 1. The van der Waals surface area contributed by atoms with Crippen LogP contribution in [0.15, 0.2) is 0 Å². The minimum absolute atomic E-state index is 0.482. The van der Waals surface area contributed by atoms with Crippen molar-refractivity contribution < 1.29 is 4.74 Å². The summed E-state index contributed by atoms with van der Waals surface area (Å²) in [6, 6.07) is 1.41. The Morgan fingerprint density at radius 1 is 1.33 bits per heavy atom. The van der Waals surface area contributed by atoms with Crippen LogP contribution < -0.4 is 5.32 Å². The molecule has 3 heteroatoms. The quantitative estimate of drug-likeness (QED) is 0.718. The van der Waals surface area contributed by atoms with E-state index in [1.165, 1.54) is 30.8 Å². The normalized spacial score (nSPS) is 36.8. The van der Waals surface area contributed by atoms with Gasteiger partial charge in [0.1, 0.15) is 0 Å². The standard InChI is InChI=1S/C9H17NOS/c1-11-9-4-2-3-8(9)10-7-5-12-6-7/h7-10H,2-6H2,1H3/t8-,9-/m1/s1. The molecule has 0 aromatic rings. The number of thioether (sulfide) groups is 1. The third-order valence-corrected chi connectivity index (χ3v) is 4.12. The Morgan fingerprint density at radius 3 is 2.75 bits per heavy atom. The number of ether oxygens (including phenoxy) is 1. The highest BCUT2D eigenvalue weighted by Gasteiger charge is 2.30. The number of methoxy groups -OCH3 is 1. The Kier molecular flexibility index (Phi) is 2.94. The van der Waals surface area contributed by atoms with Gasteiger partial charge in [0.25, 0.3) is 0 Å². The zero-order chi connectivity index (χ0) is 8.39. The lowest BCUT2D eigenvalue weighted by atomic mass is 10.2. The van der Waals surface area contributed by atoms with E-state index in [2.05, 4.69) is 5.32 Å². The molecule has 2 fully saturated rings. The molecule has 1 heterocycles. The SMILES string of the molecule is CO[C@@H]1CCC[C@H]1NC1CSC1. The summed E-state index contributed by atoms with van der Waals surface area (Å²) in [7, 11) is 1.83. The predicted molar refractivity (Wildman–Crippen MR) is 52.7 cm³/mol. The third-order valence-electron chi connectivity index (χ3n) is 2.84. The maximum Gasteiger partial charge on any atom is 0.0724 e. The van der Waals surface area contributed by atoms with Crippen LogP contribution in [0.4, 0.5) is 0 Å². The highest BCUT2D eigenvalue weighted by Crippen LogP contribution is 2.25. The van der Waals surface area contributed by atoms with E-state index in [9.17, 15) is 0 Å². The first-order chi connectivity index (χ1) is 5.90. The van der Waals surface area contributed by atoms with E-state index in [0.717, 1.165) is 6.04 Å². The van der Waals surface area contributed by atoms with E-state index >= 15 is 0 Å². The molecule has 2 atom stereocenters. The molecule has 1 saturated carbocycles. The largest absolute Gasteiger partial charge is 0.380 e. The van der Waals surface area contributed by atoms with Gasteiger partial charge < -0.3 is 10.1 Å². The van der Waals surface area contributed by atoms with Crippen molar-refractivity contribution in [2.45, 2.75) is 37.5 Å². The van der Waals surface area contributed by atoms with Crippen LogP contribution in [0.3, 0.4) is 0 Å². The van der Waals surface area contributed by atoms with Gasteiger partial charge in [0, 0.05) is 30.7 Å². The molecule has 2 nitrogen and oxygen atoms in total. The number of rotatable bonds is 3. The Bertz CT molecular complexity index is 149. The molecular weight excluding hydrogens is 170 g/mol. The highest BCUT2D eigenvalue weighted by atomic mass is 32.2. The molecule has 0 unspecified atom stereocenters. The van der Waals surface area contributed by atoms with Gasteiger partial charge in [0.05, 0.1) is 6.10 Å².